The first-order valence-corrected chi connectivity index (χ1v) is 5.15. The Morgan fingerprint density at radius 2 is 1.94 bits per heavy atom. The lowest BCUT2D eigenvalue weighted by atomic mass is 10.2. The molecule has 0 saturated carbocycles. The van der Waals surface area contributed by atoms with Gasteiger partial charge in [-0.05, 0) is 36.4 Å². The second-order valence-corrected chi connectivity index (χ2v) is 3.58. The first kappa shape index (κ1) is 10.7. The third-order valence-corrected chi connectivity index (χ3v) is 2.43. The normalized spacial score (nSPS) is 10.8. The first-order valence-electron chi connectivity index (χ1n) is 4.78. The van der Waals surface area contributed by atoms with Crippen LogP contribution in [0.5, 0.6) is 0 Å². The molecule has 1 heterocycles. The van der Waals surface area contributed by atoms with Gasteiger partial charge in [-0.3, -0.25) is 4.79 Å². The van der Waals surface area contributed by atoms with Crippen molar-refractivity contribution in [2.45, 2.75) is 0 Å². The zero-order valence-electron chi connectivity index (χ0n) is 8.39. The number of allylic oxidation sites excluding steroid dienone is 1. The highest BCUT2D eigenvalue weighted by Gasteiger charge is 2.06. The van der Waals surface area contributed by atoms with Crippen LogP contribution in [-0.2, 0) is 4.79 Å². The molecule has 0 aliphatic carbocycles. The summed E-state index contributed by atoms with van der Waals surface area (Å²) >= 11 is 6.04. The van der Waals surface area contributed by atoms with E-state index in [4.69, 9.17) is 16.0 Å². The first-order chi connectivity index (χ1) is 7.81. The van der Waals surface area contributed by atoms with Crippen molar-refractivity contribution in [3.8, 4) is 11.3 Å². The van der Waals surface area contributed by atoms with E-state index in [1.165, 1.54) is 6.08 Å². The molecule has 16 heavy (non-hydrogen) atoms. The van der Waals surface area contributed by atoms with E-state index in [1.54, 1.807) is 18.2 Å². The summed E-state index contributed by atoms with van der Waals surface area (Å²) in [4.78, 5) is 10.2. The molecule has 2 nitrogen and oxygen atoms in total. The van der Waals surface area contributed by atoms with Crippen molar-refractivity contribution in [1.82, 2.24) is 0 Å². The molecule has 1 aromatic carbocycles. The van der Waals surface area contributed by atoms with Crippen molar-refractivity contribution in [3.63, 3.8) is 0 Å². The average Bonchev–Trinajstić information content (AvgIpc) is 2.75. The Kier molecular flexibility index (Phi) is 3.22. The van der Waals surface area contributed by atoms with Crippen LogP contribution in [0.4, 0.5) is 0 Å². The number of halogens is 1. The number of hydrogen-bond acceptors (Lipinski definition) is 2. The summed E-state index contributed by atoms with van der Waals surface area (Å²) in [6, 6.07) is 11.1. The highest BCUT2D eigenvalue weighted by molar-refractivity contribution is 6.33. The maximum atomic E-state index is 10.2. The number of rotatable bonds is 3. The van der Waals surface area contributed by atoms with Gasteiger partial charge in [0, 0.05) is 5.56 Å². The largest absolute Gasteiger partial charge is 0.457 e. The minimum Gasteiger partial charge on any atom is -0.457 e. The standard InChI is InChI=1S/C13H9ClO2/c14-12-6-2-1-5-11(12)13-8-7-10(16-13)4-3-9-15/h1-9H. The summed E-state index contributed by atoms with van der Waals surface area (Å²) in [6.45, 7) is 0. The van der Waals surface area contributed by atoms with Gasteiger partial charge < -0.3 is 4.42 Å². The second kappa shape index (κ2) is 4.81. The summed E-state index contributed by atoms with van der Waals surface area (Å²) in [5, 5.41) is 0.641. The predicted octanol–water partition coefficient (Wildman–Crippen LogP) is 3.81. The van der Waals surface area contributed by atoms with Gasteiger partial charge >= 0.3 is 0 Å². The fraction of sp³-hybridized carbons (Fsp3) is 0. The molecule has 0 unspecified atom stereocenters. The molecule has 0 atom stereocenters. The van der Waals surface area contributed by atoms with E-state index in [-0.39, 0.29) is 0 Å². The van der Waals surface area contributed by atoms with Crippen molar-refractivity contribution in [3.05, 3.63) is 53.3 Å². The van der Waals surface area contributed by atoms with Gasteiger partial charge in [0.15, 0.2) is 0 Å². The van der Waals surface area contributed by atoms with Crippen LogP contribution in [0.15, 0.2) is 46.9 Å². The van der Waals surface area contributed by atoms with Crippen LogP contribution in [0.3, 0.4) is 0 Å². The lowest BCUT2D eigenvalue weighted by Gasteiger charge is -1.98. The van der Waals surface area contributed by atoms with Gasteiger partial charge in [0.1, 0.15) is 17.8 Å². The molecule has 2 aromatic rings. The molecule has 0 fully saturated rings. The van der Waals surface area contributed by atoms with E-state index in [1.807, 2.05) is 24.3 Å². The predicted molar refractivity (Wildman–Crippen MR) is 64.3 cm³/mol. The minimum atomic E-state index is 0.627. The van der Waals surface area contributed by atoms with Gasteiger partial charge in [-0.2, -0.15) is 0 Å². The monoisotopic (exact) mass is 232 g/mol. The van der Waals surface area contributed by atoms with Crippen LogP contribution >= 0.6 is 11.6 Å². The molecular weight excluding hydrogens is 224 g/mol. The summed E-state index contributed by atoms with van der Waals surface area (Å²) < 4.78 is 5.52. The molecule has 0 spiro atoms. The van der Waals surface area contributed by atoms with Crippen LogP contribution in [0.25, 0.3) is 17.4 Å². The molecular formula is C13H9ClO2. The van der Waals surface area contributed by atoms with Crippen LogP contribution in [0, 0.1) is 0 Å². The molecule has 2 rings (SSSR count). The third-order valence-electron chi connectivity index (χ3n) is 2.11. The molecule has 3 heteroatoms. The molecule has 0 radical (unpaired) electrons. The molecule has 0 bridgehead atoms. The van der Waals surface area contributed by atoms with Crippen LogP contribution in [0.2, 0.25) is 5.02 Å². The highest BCUT2D eigenvalue weighted by Crippen LogP contribution is 2.29. The number of aldehydes is 1. The Labute approximate surface area is 98.2 Å². The van der Waals surface area contributed by atoms with Crippen molar-refractivity contribution in [1.29, 1.82) is 0 Å². The van der Waals surface area contributed by atoms with Crippen LogP contribution in [-0.4, -0.2) is 6.29 Å². The van der Waals surface area contributed by atoms with E-state index in [0.29, 0.717) is 22.8 Å². The molecule has 0 N–H and O–H groups in total. The fourth-order valence-electron chi connectivity index (χ4n) is 1.38. The summed E-state index contributed by atoms with van der Waals surface area (Å²) in [5.74, 6) is 1.32. The third kappa shape index (κ3) is 2.23. The molecule has 0 amide bonds. The van der Waals surface area contributed by atoms with Crippen molar-refractivity contribution >= 4 is 24.0 Å². The van der Waals surface area contributed by atoms with Gasteiger partial charge in [-0.1, -0.05) is 23.7 Å². The Morgan fingerprint density at radius 3 is 2.69 bits per heavy atom. The number of furan rings is 1. The smallest absolute Gasteiger partial charge is 0.142 e. The lowest BCUT2D eigenvalue weighted by Crippen LogP contribution is -1.74. The summed E-state index contributed by atoms with van der Waals surface area (Å²) in [7, 11) is 0. The topological polar surface area (TPSA) is 30.2 Å². The van der Waals surface area contributed by atoms with E-state index in [0.717, 1.165) is 5.56 Å². The van der Waals surface area contributed by atoms with Gasteiger partial charge in [0.2, 0.25) is 0 Å². The maximum Gasteiger partial charge on any atom is 0.142 e. The maximum absolute atomic E-state index is 10.2. The Hall–Kier alpha value is -1.80. The van der Waals surface area contributed by atoms with Crippen molar-refractivity contribution in [2.75, 3.05) is 0 Å². The lowest BCUT2D eigenvalue weighted by molar-refractivity contribution is -0.104. The molecule has 0 saturated heterocycles. The van der Waals surface area contributed by atoms with Gasteiger partial charge in [0.05, 0.1) is 5.02 Å². The molecule has 1 aromatic heterocycles. The van der Waals surface area contributed by atoms with Gasteiger partial charge in [0.25, 0.3) is 0 Å². The number of carbonyl (C=O) groups is 1. The quantitative estimate of drug-likeness (QED) is 0.595. The molecule has 0 aliphatic rings. The number of benzene rings is 1. The SMILES string of the molecule is O=CC=Cc1ccc(-c2ccccc2Cl)o1. The number of carbonyl (C=O) groups excluding carboxylic acids is 1. The van der Waals surface area contributed by atoms with Crippen LogP contribution in [0.1, 0.15) is 5.76 Å². The Bertz CT molecular complexity index is 526. The van der Waals surface area contributed by atoms with E-state index in [9.17, 15) is 4.79 Å². The zero-order chi connectivity index (χ0) is 11.4. The minimum absolute atomic E-state index is 0.627. The van der Waals surface area contributed by atoms with Gasteiger partial charge in [-0.15, -0.1) is 0 Å². The zero-order valence-corrected chi connectivity index (χ0v) is 9.15. The summed E-state index contributed by atoms with van der Waals surface area (Å²) in [6.07, 6.45) is 3.69. The van der Waals surface area contributed by atoms with E-state index < -0.39 is 0 Å². The van der Waals surface area contributed by atoms with E-state index in [2.05, 4.69) is 0 Å². The Balaban J connectivity index is 2.35. The summed E-state index contributed by atoms with van der Waals surface area (Å²) in [5.41, 5.74) is 0.843. The van der Waals surface area contributed by atoms with E-state index >= 15 is 0 Å². The molecule has 80 valence electrons. The van der Waals surface area contributed by atoms with Crippen LogP contribution < -0.4 is 0 Å². The second-order valence-electron chi connectivity index (χ2n) is 3.18. The average molecular weight is 233 g/mol. The number of hydrogen-bond donors (Lipinski definition) is 0. The highest BCUT2D eigenvalue weighted by atomic mass is 35.5. The fourth-order valence-corrected chi connectivity index (χ4v) is 1.61. The molecule has 0 aliphatic heterocycles. The van der Waals surface area contributed by atoms with Gasteiger partial charge in [-0.25, -0.2) is 0 Å². The van der Waals surface area contributed by atoms with Crippen molar-refractivity contribution < 1.29 is 9.21 Å². The Morgan fingerprint density at radius 1 is 1.12 bits per heavy atom. The van der Waals surface area contributed by atoms with Crippen molar-refractivity contribution in [2.24, 2.45) is 0 Å².